The standard InChI is InChI=1S/C46H60N6O2/c1-30-8-10-31(11-9-30)49-42-36-14-12-32(47-40(53)16-18-51-28-45(6)24-34(51)22-43(2,3)26-45)20-38(36)50-39-21-33(13-15-37(39)42)48-41(54)17-19-52-29-46(7)25-35(52)23-44(4,5)27-46/h8-15,20-21,34-35H,16-19,22-29H2,1-7H3,(H,47,53)(H,48,54)(H,49,50). The van der Waals surface area contributed by atoms with Gasteiger partial charge in [-0.15, -0.1) is 0 Å². The van der Waals surface area contributed by atoms with Crippen molar-refractivity contribution in [3.8, 4) is 0 Å². The lowest BCUT2D eigenvalue weighted by atomic mass is 9.65. The predicted molar refractivity (Wildman–Crippen MR) is 222 cm³/mol. The molecular weight excluding hydrogens is 669 g/mol. The van der Waals surface area contributed by atoms with Crippen molar-refractivity contribution in [1.29, 1.82) is 0 Å². The summed E-state index contributed by atoms with van der Waals surface area (Å²) in [5.74, 6) is 0.0541. The molecule has 8 heteroatoms. The number of anilines is 4. The van der Waals surface area contributed by atoms with Crippen LogP contribution in [0.25, 0.3) is 21.8 Å². The van der Waals surface area contributed by atoms with Crippen LogP contribution < -0.4 is 16.0 Å². The molecule has 4 fully saturated rings. The summed E-state index contributed by atoms with van der Waals surface area (Å²) in [6.45, 7) is 20.2. The highest BCUT2D eigenvalue weighted by Crippen LogP contribution is 2.53. The summed E-state index contributed by atoms with van der Waals surface area (Å²) in [4.78, 5) is 36.9. The van der Waals surface area contributed by atoms with Crippen molar-refractivity contribution >= 4 is 56.4 Å². The molecule has 2 aliphatic heterocycles. The van der Waals surface area contributed by atoms with Gasteiger partial charge in [-0.1, -0.05) is 59.2 Å². The fraction of sp³-hybridized carbons (Fsp3) is 0.543. The molecule has 2 saturated heterocycles. The molecule has 8 nitrogen and oxygen atoms in total. The Hall–Kier alpha value is -4.01. The van der Waals surface area contributed by atoms with Crippen LogP contribution in [-0.2, 0) is 9.59 Å². The molecule has 8 rings (SSSR count). The second kappa shape index (κ2) is 13.6. The van der Waals surface area contributed by atoms with Crippen molar-refractivity contribution in [2.45, 2.75) is 112 Å². The number of fused-ring (bicyclic) bond motifs is 6. The molecule has 3 heterocycles. The number of carbonyl (C=O) groups is 2. The maximum absolute atomic E-state index is 13.3. The molecule has 54 heavy (non-hydrogen) atoms. The summed E-state index contributed by atoms with van der Waals surface area (Å²) < 4.78 is 0. The van der Waals surface area contributed by atoms with E-state index in [2.05, 4.69) is 98.5 Å². The zero-order chi connectivity index (χ0) is 38.0. The summed E-state index contributed by atoms with van der Waals surface area (Å²) >= 11 is 0. The third-order valence-corrected chi connectivity index (χ3v) is 13.0. The molecule has 0 radical (unpaired) electrons. The summed E-state index contributed by atoms with van der Waals surface area (Å²) in [7, 11) is 0. The first kappa shape index (κ1) is 36.9. The Balaban J connectivity index is 0.991. The van der Waals surface area contributed by atoms with E-state index in [-0.39, 0.29) is 11.8 Å². The van der Waals surface area contributed by atoms with Gasteiger partial charge in [0, 0.05) is 78.9 Å². The lowest BCUT2D eigenvalue weighted by molar-refractivity contribution is -0.117. The van der Waals surface area contributed by atoms with Gasteiger partial charge in [0.1, 0.15) is 0 Å². The van der Waals surface area contributed by atoms with Gasteiger partial charge in [0.15, 0.2) is 0 Å². The summed E-state index contributed by atoms with van der Waals surface area (Å²) in [5, 5.41) is 11.9. The van der Waals surface area contributed by atoms with Crippen LogP contribution in [0.2, 0.25) is 0 Å². The van der Waals surface area contributed by atoms with E-state index in [0.29, 0.717) is 46.6 Å². The topological polar surface area (TPSA) is 89.6 Å². The zero-order valence-corrected chi connectivity index (χ0v) is 33.6. The van der Waals surface area contributed by atoms with Crippen LogP contribution in [0.4, 0.5) is 22.7 Å². The molecule has 2 saturated carbocycles. The van der Waals surface area contributed by atoms with Crippen molar-refractivity contribution in [2.75, 3.05) is 42.1 Å². The minimum absolute atomic E-state index is 0.0270. The lowest BCUT2D eigenvalue weighted by Crippen LogP contribution is -2.35. The Kier molecular flexibility index (Phi) is 9.32. The number of likely N-dealkylation sites (tertiary alicyclic amines) is 2. The van der Waals surface area contributed by atoms with Crippen molar-refractivity contribution in [3.05, 3.63) is 66.2 Å². The van der Waals surface area contributed by atoms with Crippen LogP contribution in [0.5, 0.6) is 0 Å². The van der Waals surface area contributed by atoms with Gasteiger partial charge in [-0.25, -0.2) is 4.98 Å². The predicted octanol–water partition coefficient (Wildman–Crippen LogP) is 9.90. The third-order valence-electron chi connectivity index (χ3n) is 13.0. The van der Waals surface area contributed by atoms with E-state index in [0.717, 1.165) is 70.7 Å². The molecule has 4 unspecified atom stereocenters. The molecule has 3 aromatic carbocycles. The SMILES string of the molecule is Cc1ccc(Nc2c3ccc(NC(=O)CCN4CC5(C)CC4CC(C)(C)C5)cc3nc3cc(NC(=O)CCN4CC5(C)CC4CC(C)(C)C5)ccc23)cc1. The lowest BCUT2D eigenvalue weighted by Gasteiger charge is -2.40. The highest BCUT2D eigenvalue weighted by molar-refractivity contribution is 6.10. The molecule has 4 atom stereocenters. The van der Waals surface area contributed by atoms with Gasteiger partial charge in [0.05, 0.1) is 16.7 Å². The van der Waals surface area contributed by atoms with Crippen molar-refractivity contribution < 1.29 is 9.59 Å². The van der Waals surface area contributed by atoms with Crippen molar-refractivity contribution in [2.24, 2.45) is 21.7 Å². The van der Waals surface area contributed by atoms with Crippen LogP contribution in [0.15, 0.2) is 60.7 Å². The van der Waals surface area contributed by atoms with E-state index in [9.17, 15) is 9.59 Å². The summed E-state index contributed by atoms with van der Waals surface area (Å²) in [6, 6.07) is 21.5. The van der Waals surface area contributed by atoms with E-state index >= 15 is 0 Å². The van der Waals surface area contributed by atoms with Gasteiger partial charge in [-0.2, -0.15) is 0 Å². The van der Waals surface area contributed by atoms with Crippen LogP contribution in [0.1, 0.15) is 98.5 Å². The second-order valence-electron chi connectivity index (χ2n) is 19.9. The minimum atomic E-state index is 0.0270. The number of nitrogens with one attached hydrogen (secondary N) is 3. The zero-order valence-electron chi connectivity index (χ0n) is 33.6. The fourth-order valence-corrected chi connectivity index (χ4v) is 11.6. The molecule has 3 N–H and O–H groups in total. The Morgan fingerprint density at radius 3 is 1.56 bits per heavy atom. The molecule has 0 spiro atoms. The van der Waals surface area contributed by atoms with Gasteiger partial charge < -0.3 is 16.0 Å². The molecule has 4 bridgehead atoms. The number of rotatable bonds is 10. The maximum atomic E-state index is 13.3. The van der Waals surface area contributed by atoms with E-state index in [1.807, 2.05) is 36.4 Å². The second-order valence-corrected chi connectivity index (χ2v) is 19.9. The van der Waals surface area contributed by atoms with Crippen molar-refractivity contribution in [1.82, 2.24) is 14.8 Å². The van der Waals surface area contributed by atoms with Crippen LogP contribution in [-0.4, -0.2) is 64.9 Å². The van der Waals surface area contributed by atoms with Crippen LogP contribution in [0.3, 0.4) is 0 Å². The molecule has 4 aromatic rings. The molecule has 1 aromatic heterocycles. The number of hydrogen-bond acceptors (Lipinski definition) is 6. The third kappa shape index (κ3) is 7.88. The molecule has 2 amide bonds. The van der Waals surface area contributed by atoms with Gasteiger partial charge in [0.2, 0.25) is 11.8 Å². The fourth-order valence-electron chi connectivity index (χ4n) is 11.6. The number of hydrogen-bond donors (Lipinski definition) is 3. The van der Waals surface area contributed by atoms with Gasteiger partial charge >= 0.3 is 0 Å². The van der Waals surface area contributed by atoms with E-state index < -0.39 is 0 Å². The Bertz CT molecular complexity index is 1970. The first-order valence-electron chi connectivity index (χ1n) is 20.3. The largest absolute Gasteiger partial charge is 0.354 e. The smallest absolute Gasteiger partial charge is 0.225 e. The first-order chi connectivity index (χ1) is 25.5. The number of carbonyl (C=O) groups excluding carboxylic acids is 2. The van der Waals surface area contributed by atoms with Crippen LogP contribution in [0, 0.1) is 28.6 Å². The number of pyridine rings is 1. The van der Waals surface area contributed by atoms with Gasteiger partial charge in [-0.3, -0.25) is 19.4 Å². The summed E-state index contributed by atoms with van der Waals surface area (Å²) in [6.07, 6.45) is 8.33. The average Bonchev–Trinajstić information content (AvgIpc) is 3.47. The number of benzene rings is 3. The number of amides is 2. The molecule has 2 aliphatic carbocycles. The first-order valence-corrected chi connectivity index (χ1v) is 20.3. The molecular formula is C46H60N6O2. The van der Waals surface area contributed by atoms with E-state index in [4.69, 9.17) is 4.98 Å². The Morgan fingerprint density at radius 1 is 0.648 bits per heavy atom. The van der Waals surface area contributed by atoms with Gasteiger partial charge in [0.25, 0.3) is 0 Å². The highest BCUT2D eigenvalue weighted by Gasteiger charge is 2.50. The minimum Gasteiger partial charge on any atom is -0.354 e. The summed E-state index contributed by atoms with van der Waals surface area (Å²) in [5.41, 5.74) is 7.58. The van der Waals surface area contributed by atoms with E-state index in [1.54, 1.807) is 0 Å². The highest BCUT2D eigenvalue weighted by atomic mass is 16.2. The van der Waals surface area contributed by atoms with E-state index in [1.165, 1.54) is 44.1 Å². The monoisotopic (exact) mass is 728 g/mol. The normalized spacial score (nSPS) is 27.3. The average molecular weight is 729 g/mol. The number of aryl methyl sites for hydroxylation is 1. The quantitative estimate of drug-likeness (QED) is 0.141. The Labute approximate surface area is 321 Å². The number of nitrogens with zero attached hydrogens (tertiary/aromatic N) is 3. The van der Waals surface area contributed by atoms with Gasteiger partial charge in [-0.05, 0) is 116 Å². The maximum Gasteiger partial charge on any atom is 0.225 e. The van der Waals surface area contributed by atoms with Crippen molar-refractivity contribution in [3.63, 3.8) is 0 Å². The number of aromatic nitrogens is 1. The Morgan fingerprint density at radius 2 is 1.09 bits per heavy atom. The van der Waals surface area contributed by atoms with Crippen LogP contribution >= 0.6 is 0 Å². The molecule has 4 aliphatic rings. The molecule has 286 valence electrons.